The number of hydrogen-bond acceptors (Lipinski definition) is 4. The summed E-state index contributed by atoms with van der Waals surface area (Å²) in [5.41, 5.74) is 0.851. The van der Waals surface area contributed by atoms with Crippen LogP contribution in [-0.2, 0) is 4.79 Å². The minimum Gasteiger partial charge on any atom is -0.479 e. The molecule has 1 aliphatic rings. The molecule has 5 nitrogen and oxygen atoms in total. The molecule has 0 unspecified atom stereocenters. The third kappa shape index (κ3) is 4.95. The lowest BCUT2D eigenvalue weighted by Gasteiger charge is -2.02. The summed E-state index contributed by atoms with van der Waals surface area (Å²) in [6.45, 7) is 0.657. The number of benzene rings is 2. The average molecular weight is 370 g/mol. The highest BCUT2D eigenvalue weighted by Crippen LogP contribution is 2.32. The highest BCUT2D eigenvalue weighted by molar-refractivity contribution is 6.32. The molecule has 6 heteroatoms. The van der Waals surface area contributed by atoms with Crippen molar-refractivity contribution in [2.45, 2.75) is 0 Å². The van der Waals surface area contributed by atoms with Gasteiger partial charge in [0, 0.05) is 6.08 Å². The maximum absolute atomic E-state index is 11.8. The monoisotopic (exact) mass is 369 g/mol. The van der Waals surface area contributed by atoms with Crippen LogP contribution in [-0.4, -0.2) is 25.9 Å². The SMILES string of the molecule is O=C(/C=C/c1ccc2c(c1)OCO2)NCC#CCOc1ccccc1Cl. The normalized spacial score (nSPS) is 11.7. The molecule has 1 amide bonds. The lowest BCUT2D eigenvalue weighted by Crippen LogP contribution is -2.21. The van der Waals surface area contributed by atoms with Gasteiger partial charge in [-0.15, -0.1) is 0 Å². The van der Waals surface area contributed by atoms with Crippen molar-refractivity contribution in [3.63, 3.8) is 0 Å². The minimum absolute atomic E-state index is 0.201. The third-order valence-corrected chi connectivity index (χ3v) is 3.75. The summed E-state index contributed by atoms with van der Waals surface area (Å²) in [6, 6.07) is 12.7. The van der Waals surface area contributed by atoms with E-state index >= 15 is 0 Å². The van der Waals surface area contributed by atoms with E-state index in [-0.39, 0.29) is 25.9 Å². The van der Waals surface area contributed by atoms with E-state index in [1.165, 1.54) is 6.08 Å². The van der Waals surface area contributed by atoms with Crippen molar-refractivity contribution in [1.82, 2.24) is 5.32 Å². The quantitative estimate of drug-likeness (QED) is 0.649. The number of ether oxygens (including phenoxy) is 3. The molecule has 2 aromatic rings. The fourth-order valence-electron chi connectivity index (χ4n) is 2.17. The Hall–Kier alpha value is -3.10. The molecular formula is C20H16ClNO4. The fourth-order valence-corrected chi connectivity index (χ4v) is 2.36. The fraction of sp³-hybridized carbons (Fsp3) is 0.150. The van der Waals surface area contributed by atoms with Crippen LogP contribution in [0.2, 0.25) is 5.02 Å². The highest BCUT2D eigenvalue weighted by Gasteiger charge is 2.12. The maximum Gasteiger partial charge on any atom is 0.244 e. The van der Waals surface area contributed by atoms with Gasteiger partial charge in [-0.3, -0.25) is 4.79 Å². The number of halogens is 1. The Kier molecular flexibility index (Phi) is 6.02. The summed E-state index contributed by atoms with van der Waals surface area (Å²) >= 11 is 5.97. The van der Waals surface area contributed by atoms with Gasteiger partial charge in [0.1, 0.15) is 12.4 Å². The van der Waals surface area contributed by atoms with Crippen molar-refractivity contribution in [3.05, 3.63) is 59.1 Å². The number of para-hydroxylation sites is 1. The smallest absolute Gasteiger partial charge is 0.244 e. The first-order chi connectivity index (χ1) is 12.7. The van der Waals surface area contributed by atoms with E-state index in [1.807, 2.05) is 30.3 Å². The Morgan fingerprint density at radius 2 is 2.04 bits per heavy atom. The van der Waals surface area contributed by atoms with E-state index in [4.69, 9.17) is 25.8 Å². The lowest BCUT2D eigenvalue weighted by atomic mass is 10.2. The molecule has 0 atom stereocenters. The number of fused-ring (bicyclic) bond motifs is 1. The third-order valence-electron chi connectivity index (χ3n) is 3.44. The summed E-state index contributed by atoms with van der Waals surface area (Å²) < 4.78 is 16.0. The van der Waals surface area contributed by atoms with Gasteiger partial charge in [-0.25, -0.2) is 0 Å². The van der Waals surface area contributed by atoms with E-state index in [0.29, 0.717) is 22.3 Å². The first-order valence-corrected chi connectivity index (χ1v) is 8.29. The van der Waals surface area contributed by atoms with Gasteiger partial charge in [0.25, 0.3) is 0 Å². The topological polar surface area (TPSA) is 56.8 Å². The van der Waals surface area contributed by atoms with Crippen LogP contribution in [0.25, 0.3) is 6.08 Å². The van der Waals surface area contributed by atoms with E-state index in [2.05, 4.69) is 17.2 Å². The zero-order valence-corrected chi connectivity index (χ0v) is 14.6. The molecule has 0 bridgehead atoms. The standard InChI is InChI=1S/C20H16ClNO4/c21-16-5-1-2-6-17(16)24-12-4-3-11-22-20(23)10-8-15-7-9-18-19(13-15)26-14-25-18/h1-2,5-10,13H,11-12,14H2,(H,22,23)/b10-8+. The maximum atomic E-state index is 11.8. The Morgan fingerprint density at radius 1 is 1.19 bits per heavy atom. The molecule has 0 fully saturated rings. The summed E-state index contributed by atoms with van der Waals surface area (Å²) in [6.07, 6.45) is 3.14. The van der Waals surface area contributed by atoms with Crippen LogP contribution in [0.3, 0.4) is 0 Å². The van der Waals surface area contributed by atoms with Gasteiger partial charge in [0.05, 0.1) is 11.6 Å². The van der Waals surface area contributed by atoms with Crippen molar-refractivity contribution in [1.29, 1.82) is 0 Å². The second-order valence-corrected chi connectivity index (χ2v) is 5.64. The Labute approximate surface area is 156 Å². The number of carbonyl (C=O) groups is 1. The van der Waals surface area contributed by atoms with E-state index < -0.39 is 0 Å². The van der Waals surface area contributed by atoms with E-state index in [9.17, 15) is 4.79 Å². The van der Waals surface area contributed by atoms with Crippen molar-refractivity contribution >= 4 is 23.6 Å². The number of amides is 1. The van der Waals surface area contributed by atoms with Crippen LogP contribution in [0.1, 0.15) is 5.56 Å². The highest BCUT2D eigenvalue weighted by atomic mass is 35.5. The summed E-state index contributed by atoms with van der Waals surface area (Å²) in [5.74, 6) is 7.37. The van der Waals surface area contributed by atoms with Gasteiger partial charge in [0.15, 0.2) is 11.5 Å². The van der Waals surface area contributed by atoms with Crippen LogP contribution in [0.15, 0.2) is 48.5 Å². The molecule has 0 aliphatic carbocycles. The molecule has 1 N–H and O–H groups in total. The molecule has 0 saturated heterocycles. The van der Waals surface area contributed by atoms with Gasteiger partial charge in [0.2, 0.25) is 12.7 Å². The summed E-state index contributed by atoms with van der Waals surface area (Å²) in [7, 11) is 0. The Balaban J connectivity index is 1.40. The van der Waals surface area contributed by atoms with Crippen LogP contribution >= 0.6 is 11.6 Å². The molecule has 132 valence electrons. The molecule has 1 heterocycles. The molecular weight excluding hydrogens is 354 g/mol. The Bertz CT molecular complexity index is 883. The van der Waals surface area contributed by atoms with Crippen molar-refractivity contribution < 1.29 is 19.0 Å². The first-order valence-electron chi connectivity index (χ1n) is 7.91. The number of carbonyl (C=O) groups excluding carboxylic acids is 1. The van der Waals surface area contributed by atoms with E-state index in [1.54, 1.807) is 18.2 Å². The van der Waals surface area contributed by atoms with Crippen LogP contribution in [0.5, 0.6) is 17.2 Å². The predicted molar refractivity (Wildman–Crippen MR) is 99.3 cm³/mol. The van der Waals surface area contributed by atoms with Crippen LogP contribution in [0, 0.1) is 11.8 Å². The van der Waals surface area contributed by atoms with Crippen LogP contribution < -0.4 is 19.5 Å². The molecule has 0 saturated carbocycles. The molecule has 0 aromatic heterocycles. The average Bonchev–Trinajstić information content (AvgIpc) is 3.12. The number of hydrogen-bond donors (Lipinski definition) is 1. The zero-order chi connectivity index (χ0) is 18.2. The summed E-state index contributed by atoms with van der Waals surface area (Å²) in [4.78, 5) is 11.8. The van der Waals surface area contributed by atoms with Gasteiger partial charge in [-0.05, 0) is 35.9 Å². The molecule has 2 aromatic carbocycles. The lowest BCUT2D eigenvalue weighted by molar-refractivity contribution is -0.116. The Morgan fingerprint density at radius 3 is 2.92 bits per heavy atom. The molecule has 26 heavy (non-hydrogen) atoms. The second kappa shape index (κ2) is 8.84. The number of rotatable bonds is 5. The van der Waals surface area contributed by atoms with E-state index in [0.717, 1.165) is 5.56 Å². The first kappa shape index (κ1) is 17.7. The van der Waals surface area contributed by atoms with Crippen LogP contribution in [0.4, 0.5) is 0 Å². The number of nitrogens with one attached hydrogen (secondary N) is 1. The molecule has 0 radical (unpaired) electrons. The van der Waals surface area contributed by atoms with Gasteiger partial charge >= 0.3 is 0 Å². The van der Waals surface area contributed by atoms with Crippen molar-refractivity contribution in [3.8, 4) is 29.1 Å². The largest absolute Gasteiger partial charge is 0.479 e. The second-order valence-electron chi connectivity index (χ2n) is 5.24. The molecule has 0 spiro atoms. The van der Waals surface area contributed by atoms with Gasteiger partial charge in [-0.2, -0.15) is 0 Å². The van der Waals surface area contributed by atoms with Crippen molar-refractivity contribution in [2.24, 2.45) is 0 Å². The molecule has 3 rings (SSSR count). The van der Waals surface area contributed by atoms with Gasteiger partial charge in [-0.1, -0.05) is 41.6 Å². The van der Waals surface area contributed by atoms with Crippen molar-refractivity contribution in [2.75, 3.05) is 19.9 Å². The molecule has 1 aliphatic heterocycles. The zero-order valence-electron chi connectivity index (χ0n) is 13.8. The predicted octanol–water partition coefficient (Wildman–Crippen LogP) is 3.28. The summed E-state index contributed by atoms with van der Waals surface area (Å²) in [5, 5.41) is 3.22. The van der Waals surface area contributed by atoms with Gasteiger partial charge < -0.3 is 19.5 Å². The minimum atomic E-state index is -0.232.